The molecule has 2 aliphatic heterocycles. The summed E-state index contributed by atoms with van der Waals surface area (Å²) in [4.78, 5) is 21.3. The fourth-order valence-electron chi connectivity index (χ4n) is 4.75. The topological polar surface area (TPSA) is 82.3 Å². The number of likely N-dealkylation sites (tertiary alicyclic amines) is 2. The maximum Gasteiger partial charge on any atom is 0.409 e. The van der Waals surface area contributed by atoms with Crippen molar-refractivity contribution in [3.8, 4) is 0 Å². The second kappa shape index (κ2) is 12.1. The zero-order valence-corrected chi connectivity index (χ0v) is 21.6. The lowest BCUT2D eigenvalue weighted by molar-refractivity contribution is 0.0963. The van der Waals surface area contributed by atoms with Gasteiger partial charge in [-0.15, -0.1) is 24.0 Å². The van der Waals surface area contributed by atoms with Crippen LogP contribution >= 0.6 is 24.0 Å². The number of carbonyl (C=O) groups is 1. The summed E-state index contributed by atoms with van der Waals surface area (Å²) in [6.07, 6.45) is 7.93. The van der Waals surface area contributed by atoms with Crippen LogP contribution in [-0.2, 0) is 11.2 Å². The van der Waals surface area contributed by atoms with Gasteiger partial charge in [0.2, 0.25) is 0 Å². The van der Waals surface area contributed by atoms with E-state index in [0.717, 1.165) is 50.0 Å². The van der Waals surface area contributed by atoms with Crippen LogP contribution in [0, 0.1) is 0 Å². The van der Waals surface area contributed by atoms with Crippen molar-refractivity contribution in [1.29, 1.82) is 0 Å². The van der Waals surface area contributed by atoms with Crippen LogP contribution in [0.2, 0.25) is 0 Å². The Hall–Kier alpha value is -1.49. The lowest BCUT2D eigenvalue weighted by Crippen LogP contribution is -2.52. The van der Waals surface area contributed by atoms with E-state index in [1.165, 1.54) is 12.8 Å². The maximum absolute atomic E-state index is 12.0. The van der Waals surface area contributed by atoms with Crippen molar-refractivity contribution in [2.24, 2.45) is 4.99 Å². The number of nitrogens with one attached hydrogen (secondary N) is 2. The average molecular weight is 559 g/mol. The Balaban J connectivity index is 0.00000289. The molecule has 1 amide bonds. The highest BCUT2D eigenvalue weighted by Gasteiger charge is 2.39. The molecule has 0 spiro atoms. The monoisotopic (exact) mass is 559 g/mol. The Bertz CT molecular complexity index is 732. The van der Waals surface area contributed by atoms with Gasteiger partial charge in [-0.3, -0.25) is 9.89 Å². The fourth-order valence-corrected chi connectivity index (χ4v) is 4.75. The van der Waals surface area contributed by atoms with E-state index in [2.05, 4.69) is 22.5 Å². The average Bonchev–Trinajstić information content (AvgIpc) is 3.34. The standard InChI is InChI=1S/C23H37N5O3.HI/c1-3-30-23(29)27-12-9-18(10-13-27)25-22(24-11-8-21-5-4-14-31-21)26-19-15-17(2)28(16-19)20-6-7-20;/h4-5,14,17-20H,3,6-13,15-16H2,1-2H3,(H2,24,25,26);1H. The maximum atomic E-state index is 12.0. The van der Waals surface area contributed by atoms with Crippen molar-refractivity contribution in [2.75, 3.05) is 32.8 Å². The van der Waals surface area contributed by atoms with Crippen LogP contribution in [0.5, 0.6) is 0 Å². The summed E-state index contributed by atoms with van der Waals surface area (Å²) in [5.74, 6) is 1.84. The molecular weight excluding hydrogens is 521 g/mol. The molecule has 4 rings (SSSR count). The molecule has 2 N–H and O–H groups in total. The van der Waals surface area contributed by atoms with Gasteiger partial charge in [0.1, 0.15) is 5.76 Å². The second-order valence-electron chi connectivity index (χ2n) is 9.02. The Morgan fingerprint density at radius 3 is 2.62 bits per heavy atom. The molecule has 8 nitrogen and oxygen atoms in total. The molecule has 9 heteroatoms. The van der Waals surface area contributed by atoms with Gasteiger partial charge in [0.15, 0.2) is 5.96 Å². The largest absolute Gasteiger partial charge is 0.469 e. The van der Waals surface area contributed by atoms with Crippen LogP contribution in [0.15, 0.2) is 27.8 Å². The molecule has 0 aromatic carbocycles. The molecule has 2 atom stereocenters. The molecule has 32 heavy (non-hydrogen) atoms. The zero-order valence-electron chi connectivity index (χ0n) is 19.3. The smallest absolute Gasteiger partial charge is 0.409 e. The first kappa shape index (κ1) is 25.1. The normalized spacial score (nSPS) is 24.8. The quantitative estimate of drug-likeness (QED) is 0.304. The number of hydrogen-bond donors (Lipinski definition) is 2. The summed E-state index contributed by atoms with van der Waals surface area (Å²) in [7, 11) is 0. The molecule has 1 aromatic heterocycles. The summed E-state index contributed by atoms with van der Waals surface area (Å²) in [6.45, 7) is 7.80. The first-order chi connectivity index (χ1) is 15.1. The highest BCUT2D eigenvalue weighted by molar-refractivity contribution is 14.0. The summed E-state index contributed by atoms with van der Waals surface area (Å²) in [5.41, 5.74) is 0. The first-order valence-corrected chi connectivity index (χ1v) is 11.9. The molecule has 0 bridgehead atoms. The number of ether oxygens (including phenoxy) is 1. The number of guanidine groups is 1. The van der Waals surface area contributed by atoms with Gasteiger partial charge < -0.3 is 24.7 Å². The van der Waals surface area contributed by atoms with Crippen molar-refractivity contribution >= 4 is 36.0 Å². The highest BCUT2D eigenvalue weighted by Crippen LogP contribution is 2.33. The number of carbonyl (C=O) groups excluding carboxylic acids is 1. The van der Waals surface area contributed by atoms with E-state index in [-0.39, 0.29) is 30.1 Å². The van der Waals surface area contributed by atoms with Crippen molar-refractivity contribution in [2.45, 2.75) is 76.5 Å². The third-order valence-electron chi connectivity index (χ3n) is 6.55. The van der Waals surface area contributed by atoms with E-state index < -0.39 is 0 Å². The molecule has 1 aromatic rings. The van der Waals surface area contributed by atoms with Crippen LogP contribution in [0.1, 0.15) is 51.7 Å². The molecular formula is C23H38IN5O3. The number of piperidine rings is 1. The first-order valence-electron chi connectivity index (χ1n) is 11.9. The van der Waals surface area contributed by atoms with Gasteiger partial charge in [-0.1, -0.05) is 0 Å². The third kappa shape index (κ3) is 7.00. The molecule has 3 fully saturated rings. The highest BCUT2D eigenvalue weighted by atomic mass is 127. The molecule has 1 aliphatic carbocycles. The minimum Gasteiger partial charge on any atom is -0.469 e. The number of halogens is 1. The Labute approximate surface area is 208 Å². The molecule has 180 valence electrons. The number of aliphatic imine (C=N–C) groups is 1. The van der Waals surface area contributed by atoms with Crippen molar-refractivity contribution in [1.82, 2.24) is 20.4 Å². The van der Waals surface area contributed by atoms with Gasteiger partial charge in [0, 0.05) is 56.8 Å². The number of furan rings is 1. The van der Waals surface area contributed by atoms with E-state index in [4.69, 9.17) is 14.1 Å². The van der Waals surface area contributed by atoms with Crippen molar-refractivity contribution in [3.63, 3.8) is 0 Å². The zero-order chi connectivity index (χ0) is 21.6. The minimum absolute atomic E-state index is 0. The van der Waals surface area contributed by atoms with Crippen molar-refractivity contribution < 1.29 is 13.9 Å². The number of hydrogen-bond acceptors (Lipinski definition) is 5. The van der Waals surface area contributed by atoms with Gasteiger partial charge in [-0.05, 0) is 58.1 Å². The van der Waals surface area contributed by atoms with Crippen LogP contribution in [0.4, 0.5) is 4.79 Å². The van der Waals surface area contributed by atoms with Crippen LogP contribution in [0.3, 0.4) is 0 Å². The van der Waals surface area contributed by atoms with Gasteiger partial charge >= 0.3 is 6.09 Å². The molecule has 3 aliphatic rings. The lowest BCUT2D eigenvalue weighted by Gasteiger charge is -2.32. The fraction of sp³-hybridized carbons (Fsp3) is 0.739. The molecule has 0 radical (unpaired) electrons. The molecule has 1 saturated carbocycles. The summed E-state index contributed by atoms with van der Waals surface area (Å²) >= 11 is 0. The number of amides is 1. The van der Waals surface area contributed by atoms with Crippen LogP contribution in [-0.4, -0.2) is 78.8 Å². The van der Waals surface area contributed by atoms with Crippen LogP contribution in [0.25, 0.3) is 0 Å². The number of nitrogens with zero attached hydrogens (tertiary/aromatic N) is 3. The van der Waals surface area contributed by atoms with E-state index in [1.807, 2.05) is 19.1 Å². The van der Waals surface area contributed by atoms with Gasteiger partial charge in [-0.25, -0.2) is 4.79 Å². The van der Waals surface area contributed by atoms with Crippen LogP contribution < -0.4 is 10.6 Å². The van der Waals surface area contributed by atoms with E-state index in [9.17, 15) is 4.79 Å². The van der Waals surface area contributed by atoms with Gasteiger partial charge in [0.25, 0.3) is 0 Å². The summed E-state index contributed by atoms with van der Waals surface area (Å²) in [6, 6.07) is 6.06. The molecule has 2 saturated heterocycles. The van der Waals surface area contributed by atoms with E-state index in [0.29, 0.717) is 44.4 Å². The van der Waals surface area contributed by atoms with E-state index >= 15 is 0 Å². The van der Waals surface area contributed by atoms with Crippen molar-refractivity contribution in [3.05, 3.63) is 24.2 Å². The SMILES string of the molecule is CCOC(=O)N1CCC(NC(=NCCc2ccco2)NC2CC(C)N(C3CC3)C2)CC1.I. The Morgan fingerprint density at radius 2 is 1.97 bits per heavy atom. The summed E-state index contributed by atoms with van der Waals surface area (Å²) < 4.78 is 10.6. The van der Waals surface area contributed by atoms with Gasteiger partial charge in [-0.2, -0.15) is 0 Å². The third-order valence-corrected chi connectivity index (χ3v) is 6.55. The Morgan fingerprint density at radius 1 is 1.22 bits per heavy atom. The minimum atomic E-state index is -0.202. The van der Waals surface area contributed by atoms with E-state index in [1.54, 1.807) is 11.2 Å². The molecule has 2 unspecified atom stereocenters. The summed E-state index contributed by atoms with van der Waals surface area (Å²) in [5, 5.41) is 7.34. The number of rotatable bonds is 7. The predicted molar refractivity (Wildman–Crippen MR) is 136 cm³/mol. The van der Waals surface area contributed by atoms with Gasteiger partial charge in [0.05, 0.1) is 12.9 Å². The lowest BCUT2D eigenvalue weighted by atomic mass is 10.1. The predicted octanol–water partition coefficient (Wildman–Crippen LogP) is 3.22. The second-order valence-corrected chi connectivity index (χ2v) is 9.02. The Kier molecular flexibility index (Phi) is 9.51. The molecule has 3 heterocycles.